The largest absolute Gasteiger partial charge is 0.322 e. The average molecular weight is 230 g/mol. The summed E-state index contributed by atoms with van der Waals surface area (Å²) in [6.45, 7) is 1.74. The Balaban J connectivity index is 2.04. The number of hydrogen-bond donors (Lipinski definition) is 2. The number of carbonyl (C=O) groups is 2. The highest BCUT2D eigenvalue weighted by atomic mass is 16.2. The van der Waals surface area contributed by atoms with Crippen molar-refractivity contribution in [3.8, 4) is 0 Å². The van der Waals surface area contributed by atoms with Gasteiger partial charge in [-0.05, 0) is 42.9 Å². The summed E-state index contributed by atoms with van der Waals surface area (Å²) in [6, 6.07) is 5.64. The van der Waals surface area contributed by atoms with Crippen LogP contribution in [0.1, 0.15) is 30.0 Å². The highest BCUT2D eigenvalue weighted by molar-refractivity contribution is 6.07. The molecule has 2 aliphatic rings. The molecule has 1 aliphatic heterocycles. The SMILES string of the molecule is C[C@@]1(c2ccc3c(c2)CCC3)NC(=O)NC1=O. The number of benzene rings is 1. The van der Waals surface area contributed by atoms with Crippen LogP contribution in [0.4, 0.5) is 4.79 Å². The second kappa shape index (κ2) is 3.32. The summed E-state index contributed by atoms with van der Waals surface area (Å²) in [5, 5.41) is 4.97. The molecule has 3 rings (SSSR count). The monoisotopic (exact) mass is 230 g/mol. The Bertz CT molecular complexity index is 524. The quantitative estimate of drug-likeness (QED) is 0.713. The van der Waals surface area contributed by atoms with E-state index in [0.29, 0.717) is 0 Å². The van der Waals surface area contributed by atoms with Crippen LogP contribution in [0, 0.1) is 0 Å². The molecule has 1 saturated heterocycles. The minimum Gasteiger partial charge on any atom is -0.320 e. The van der Waals surface area contributed by atoms with E-state index < -0.39 is 11.6 Å². The molecule has 88 valence electrons. The summed E-state index contributed by atoms with van der Waals surface area (Å²) in [4.78, 5) is 23.0. The van der Waals surface area contributed by atoms with E-state index in [9.17, 15) is 9.59 Å². The van der Waals surface area contributed by atoms with Crippen LogP contribution in [0.2, 0.25) is 0 Å². The predicted molar refractivity (Wildman–Crippen MR) is 62.5 cm³/mol. The summed E-state index contributed by atoms with van der Waals surface area (Å²) in [5.74, 6) is -0.277. The smallest absolute Gasteiger partial charge is 0.320 e. The summed E-state index contributed by atoms with van der Waals surface area (Å²) in [5.41, 5.74) is 2.61. The van der Waals surface area contributed by atoms with Gasteiger partial charge in [0.05, 0.1) is 0 Å². The van der Waals surface area contributed by atoms with Gasteiger partial charge in [0.15, 0.2) is 0 Å². The second-order valence-corrected chi connectivity index (χ2v) is 4.87. The van der Waals surface area contributed by atoms with Crippen molar-refractivity contribution < 1.29 is 9.59 Å². The Morgan fingerprint density at radius 1 is 1.18 bits per heavy atom. The fourth-order valence-electron chi connectivity index (χ4n) is 2.63. The Morgan fingerprint density at radius 2 is 1.94 bits per heavy atom. The summed E-state index contributed by atoms with van der Waals surface area (Å²) in [7, 11) is 0. The minimum absolute atomic E-state index is 0.277. The molecule has 0 spiro atoms. The van der Waals surface area contributed by atoms with Crippen molar-refractivity contribution in [2.45, 2.75) is 31.7 Å². The van der Waals surface area contributed by atoms with Crippen molar-refractivity contribution in [3.05, 3.63) is 34.9 Å². The molecule has 1 aromatic rings. The Hall–Kier alpha value is -1.84. The number of fused-ring (bicyclic) bond motifs is 1. The normalized spacial score (nSPS) is 26.6. The van der Waals surface area contributed by atoms with Gasteiger partial charge in [0.25, 0.3) is 5.91 Å². The molecular weight excluding hydrogens is 216 g/mol. The van der Waals surface area contributed by atoms with Crippen LogP contribution in [-0.4, -0.2) is 11.9 Å². The lowest BCUT2D eigenvalue weighted by Crippen LogP contribution is -2.40. The molecule has 2 N–H and O–H groups in total. The van der Waals surface area contributed by atoms with E-state index in [4.69, 9.17) is 0 Å². The van der Waals surface area contributed by atoms with E-state index in [2.05, 4.69) is 16.7 Å². The van der Waals surface area contributed by atoms with Crippen LogP contribution < -0.4 is 10.6 Å². The summed E-state index contributed by atoms with van der Waals surface area (Å²) >= 11 is 0. The van der Waals surface area contributed by atoms with Crippen LogP contribution in [0.15, 0.2) is 18.2 Å². The van der Waals surface area contributed by atoms with Gasteiger partial charge in [0.2, 0.25) is 0 Å². The van der Waals surface area contributed by atoms with E-state index in [1.165, 1.54) is 17.5 Å². The molecule has 0 unspecified atom stereocenters. The molecule has 3 amide bonds. The van der Waals surface area contributed by atoms with E-state index in [1.54, 1.807) is 6.92 Å². The molecule has 1 heterocycles. The third-order valence-corrected chi connectivity index (χ3v) is 3.72. The Morgan fingerprint density at radius 3 is 2.65 bits per heavy atom. The number of aryl methyl sites for hydroxylation is 2. The minimum atomic E-state index is -0.922. The van der Waals surface area contributed by atoms with Crippen LogP contribution >= 0.6 is 0 Å². The van der Waals surface area contributed by atoms with Gasteiger partial charge >= 0.3 is 6.03 Å². The lowest BCUT2D eigenvalue weighted by Gasteiger charge is -2.21. The second-order valence-electron chi connectivity index (χ2n) is 4.87. The van der Waals surface area contributed by atoms with Gasteiger partial charge in [-0.15, -0.1) is 0 Å². The fourth-order valence-corrected chi connectivity index (χ4v) is 2.63. The van der Waals surface area contributed by atoms with Crippen LogP contribution in [0.3, 0.4) is 0 Å². The first-order valence-corrected chi connectivity index (χ1v) is 5.85. The highest BCUT2D eigenvalue weighted by Crippen LogP contribution is 2.29. The zero-order chi connectivity index (χ0) is 12.0. The number of hydrogen-bond acceptors (Lipinski definition) is 2. The van der Waals surface area contributed by atoms with Crippen molar-refractivity contribution >= 4 is 11.9 Å². The van der Waals surface area contributed by atoms with E-state index in [0.717, 1.165) is 18.4 Å². The maximum Gasteiger partial charge on any atom is 0.322 e. The Kier molecular flexibility index (Phi) is 2.02. The first kappa shape index (κ1) is 10.3. The molecule has 1 fully saturated rings. The molecule has 0 radical (unpaired) electrons. The van der Waals surface area contributed by atoms with Gasteiger partial charge < -0.3 is 5.32 Å². The van der Waals surface area contributed by atoms with Crippen molar-refractivity contribution in [1.82, 2.24) is 10.6 Å². The predicted octanol–water partition coefficient (Wildman–Crippen LogP) is 1.23. The van der Waals surface area contributed by atoms with Gasteiger partial charge in [0, 0.05) is 0 Å². The van der Waals surface area contributed by atoms with Gasteiger partial charge in [-0.25, -0.2) is 4.79 Å². The van der Waals surface area contributed by atoms with Crippen molar-refractivity contribution in [2.75, 3.05) is 0 Å². The van der Waals surface area contributed by atoms with Gasteiger partial charge in [-0.2, -0.15) is 0 Å². The summed E-state index contributed by atoms with van der Waals surface area (Å²) < 4.78 is 0. The van der Waals surface area contributed by atoms with Crippen molar-refractivity contribution in [2.24, 2.45) is 0 Å². The maximum absolute atomic E-state index is 11.8. The number of carbonyl (C=O) groups excluding carboxylic acids is 2. The lowest BCUT2D eigenvalue weighted by atomic mass is 9.90. The van der Waals surface area contributed by atoms with E-state index in [-0.39, 0.29) is 5.91 Å². The topological polar surface area (TPSA) is 58.2 Å². The highest BCUT2D eigenvalue weighted by Gasteiger charge is 2.43. The molecule has 0 aromatic heterocycles. The molecule has 17 heavy (non-hydrogen) atoms. The van der Waals surface area contributed by atoms with Gasteiger partial charge in [0.1, 0.15) is 5.54 Å². The van der Waals surface area contributed by atoms with Gasteiger partial charge in [-0.1, -0.05) is 18.2 Å². The number of imide groups is 1. The standard InChI is InChI=1S/C13H14N2O2/c1-13(11(16)14-12(17)15-13)10-6-5-8-3-2-4-9(8)7-10/h5-7H,2-4H2,1H3,(H2,14,15,16,17)/t13-/m0/s1. The third-order valence-electron chi connectivity index (χ3n) is 3.72. The van der Waals surface area contributed by atoms with Crippen molar-refractivity contribution in [1.29, 1.82) is 0 Å². The van der Waals surface area contributed by atoms with E-state index in [1.807, 2.05) is 12.1 Å². The first-order valence-electron chi connectivity index (χ1n) is 5.85. The number of nitrogens with one attached hydrogen (secondary N) is 2. The third kappa shape index (κ3) is 1.44. The molecule has 4 nitrogen and oxygen atoms in total. The average Bonchev–Trinajstić information content (AvgIpc) is 2.83. The fraction of sp³-hybridized carbons (Fsp3) is 0.385. The number of amides is 3. The molecule has 1 atom stereocenters. The first-order chi connectivity index (χ1) is 8.09. The van der Waals surface area contributed by atoms with Crippen LogP contribution in [-0.2, 0) is 23.2 Å². The van der Waals surface area contributed by atoms with Crippen LogP contribution in [0.25, 0.3) is 0 Å². The maximum atomic E-state index is 11.8. The molecule has 1 aliphatic carbocycles. The molecular formula is C13H14N2O2. The molecule has 0 saturated carbocycles. The lowest BCUT2D eigenvalue weighted by molar-refractivity contribution is -0.123. The van der Waals surface area contributed by atoms with Gasteiger partial charge in [-0.3, -0.25) is 10.1 Å². The number of urea groups is 1. The molecule has 1 aromatic carbocycles. The zero-order valence-corrected chi connectivity index (χ0v) is 9.67. The van der Waals surface area contributed by atoms with E-state index >= 15 is 0 Å². The Labute approximate surface area is 99.4 Å². The van der Waals surface area contributed by atoms with Crippen molar-refractivity contribution in [3.63, 3.8) is 0 Å². The molecule has 0 bridgehead atoms. The molecule has 4 heteroatoms. The summed E-state index contributed by atoms with van der Waals surface area (Å²) in [6.07, 6.45) is 3.35. The zero-order valence-electron chi connectivity index (χ0n) is 9.67. The van der Waals surface area contributed by atoms with Crippen LogP contribution in [0.5, 0.6) is 0 Å². The number of rotatable bonds is 1.